The van der Waals surface area contributed by atoms with Crippen molar-refractivity contribution in [1.29, 1.82) is 0 Å². The molecule has 0 aliphatic rings. The molecule has 0 aliphatic carbocycles. The van der Waals surface area contributed by atoms with Crippen molar-refractivity contribution in [3.05, 3.63) is 0 Å². The van der Waals surface area contributed by atoms with E-state index in [0.29, 0.717) is 0 Å². The standard InChI is InChI=1S/C28H60NO.HI/c1-5-9-13-17-21-25-29(26-22-18-14-10-6-2,27-23-19-15-11-7-3)28(30)24-20-16-12-8-4;/h28,30H,5-27H2,1-4H3;1H/q+1;/p-1. The molecule has 0 aromatic carbocycles. The van der Waals surface area contributed by atoms with E-state index in [-0.39, 0.29) is 30.2 Å². The van der Waals surface area contributed by atoms with E-state index in [9.17, 15) is 5.11 Å². The minimum atomic E-state index is -0.134. The first-order valence-corrected chi connectivity index (χ1v) is 14.2. The molecule has 0 rings (SSSR count). The Morgan fingerprint density at radius 1 is 0.452 bits per heavy atom. The van der Waals surface area contributed by atoms with Gasteiger partial charge in [-0.05, 0) is 44.9 Å². The van der Waals surface area contributed by atoms with Crippen LogP contribution in [0.15, 0.2) is 0 Å². The molecule has 1 unspecified atom stereocenters. The molecule has 0 saturated carbocycles. The van der Waals surface area contributed by atoms with Gasteiger partial charge in [0.15, 0.2) is 6.23 Å². The largest absolute Gasteiger partial charge is 1.00 e. The Labute approximate surface area is 215 Å². The molecule has 0 aliphatic heterocycles. The molecule has 0 amide bonds. The second-order valence-corrected chi connectivity index (χ2v) is 9.96. The lowest BCUT2D eigenvalue weighted by molar-refractivity contribution is -0.972. The third-order valence-corrected chi connectivity index (χ3v) is 7.07. The fourth-order valence-electron chi connectivity index (χ4n) is 4.90. The van der Waals surface area contributed by atoms with E-state index in [2.05, 4.69) is 27.7 Å². The first-order valence-electron chi connectivity index (χ1n) is 14.2. The molecule has 3 heteroatoms. The minimum absolute atomic E-state index is 0. The van der Waals surface area contributed by atoms with Crippen LogP contribution >= 0.6 is 0 Å². The summed E-state index contributed by atoms with van der Waals surface area (Å²) in [7, 11) is 0. The third kappa shape index (κ3) is 18.7. The number of hydrogen-bond donors (Lipinski definition) is 1. The molecule has 0 fully saturated rings. The third-order valence-electron chi connectivity index (χ3n) is 7.07. The molecular formula is C28H60INO. The second kappa shape index (κ2) is 25.3. The van der Waals surface area contributed by atoms with Crippen molar-refractivity contribution in [2.45, 2.75) is 162 Å². The van der Waals surface area contributed by atoms with Gasteiger partial charge in [-0.25, -0.2) is 0 Å². The van der Waals surface area contributed by atoms with Gasteiger partial charge in [-0.1, -0.05) is 105 Å². The molecule has 0 saturated heterocycles. The van der Waals surface area contributed by atoms with E-state index >= 15 is 0 Å². The van der Waals surface area contributed by atoms with Gasteiger partial charge in [-0.3, -0.25) is 4.48 Å². The monoisotopic (exact) mass is 553 g/mol. The Morgan fingerprint density at radius 2 is 0.742 bits per heavy atom. The number of unbranched alkanes of at least 4 members (excludes halogenated alkanes) is 15. The maximum atomic E-state index is 11.4. The summed E-state index contributed by atoms with van der Waals surface area (Å²) in [4.78, 5) is 0. The van der Waals surface area contributed by atoms with Crippen molar-refractivity contribution in [2.24, 2.45) is 0 Å². The van der Waals surface area contributed by atoms with Crippen LogP contribution in [-0.2, 0) is 0 Å². The number of aliphatic hydroxyl groups is 1. The quantitative estimate of drug-likeness (QED) is 0.0672. The van der Waals surface area contributed by atoms with Crippen molar-refractivity contribution in [2.75, 3.05) is 19.6 Å². The van der Waals surface area contributed by atoms with Gasteiger partial charge in [0.05, 0.1) is 19.6 Å². The number of aliphatic hydroxyl groups excluding tert-OH is 1. The van der Waals surface area contributed by atoms with Crippen molar-refractivity contribution < 1.29 is 33.6 Å². The zero-order valence-electron chi connectivity index (χ0n) is 22.1. The van der Waals surface area contributed by atoms with Crippen LogP contribution in [0.5, 0.6) is 0 Å². The van der Waals surface area contributed by atoms with E-state index in [4.69, 9.17) is 0 Å². The Bertz CT molecular complexity index is 301. The molecule has 1 atom stereocenters. The second-order valence-electron chi connectivity index (χ2n) is 9.96. The summed E-state index contributed by atoms with van der Waals surface area (Å²) in [6.07, 6.45) is 26.1. The molecular weight excluding hydrogens is 493 g/mol. The molecule has 0 radical (unpaired) electrons. The minimum Gasteiger partial charge on any atom is -1.00 e. The highest BCUT2D eigenvalue weighted by Gasteiger charge is 2.34. The van der Waals surface area contributed by atoms with Crippen LogP contribution in [0.4, 0.5) is 0 Å². The lowest BCUT2D eigenvalue weighted by atomic mass is 10.0. The van der Waals surface area contributed by atoms with Crippen LogP contribution in [0.2, 0.25) is 0 Å². The van der Waals surface area contributed by atoms with Gasteiger partial charge in [-0.15, -0.1) is 0 Å². The fraction of sp³-hybridized carbons (Fsp3) is 1.00. The summed E-state index contributed by atoms with van der Waals surface area (Å²) in [5.41, 5.74) is 0. The highest BCUT2D eigenvalue weighted by molar-refractivity contribution is 4.57. The first kappa shape index (κ1) is 33.8. The predicted molar refractivity (Wildman–Crippen MR) is 136 cm³/mol. The van der Waals surface area contributed by atoms with Gasteiger partial charge in [-0.2, -0.15) is 0 Å². The number of rotatable bonds is 24. The summed E-state index contributed by atoms with van der Waals surface area (Å²) in [6, 6.07) is 0. The van der Waals surface area contributed by atoms with Gasteiger partial charge in [0.25, 0.3) is 0 Å². The zero-order valence-corrected chi connectivity index (χ0v) is 24.3. The van der Waals surface area contributed by atoms with Crippen LogP contribution in [0.3, 0.4) is 0 Å². The number of nitrogens with zero attached hydrogens (tertiary/aromatic N) is 1. The molecule has 0 aromatic heterocycles. The van der Waals surface area contributed by atoms with E-state index in [1.807, 2.05) is 0 Å². The lowest BCUT2D eigenvalue weighted by Gasteiger charge is -2.43. The highest BCUT2D eigenvalue weighted by atomic mass is 127. The van der Waals surface area contributed by atoms with Crippen molar-refractivity contribution in [1.82, 2.24) is 0 Å². The van der Waals surface area contributed by atoms with Crippen LogP contribution in [0.1, 0.15) is 156 Å². The molecule has 31 heavy (non-hydrogen) atoms. The van der Waals surface area contributed by atoms with Crippen LogP contribution in [0.25, 0.3) is 0 Å². The number of hydrogen-bond acceptors (Lipinski definition) is 1. The lowest BCUT2D eigenvalue weighted by Crippen LogP contribution is -3.00. The van der Waals surface area contributed by atoms with Crippen molar-refractivity contribution >= 4 is 0 Å². The van der Waals surface area contributed by atoms with Gasteiger partial charge < -0.3 is 29.1 Å². The van der Waals surface area contributed by atoms with Gasteiger partial charge >= 0.3 is 0 Å². The van der Waals surface area contributed by atoms with Gasteiger partial charge in [0.1, 0.15) is 0 Å². The van der Waals surface area contributed by atoms with Crippen LogP contribution in [0, 0.1) is 0 Å². The SMILES string of the molecule is CCCCCCC[N+](CCCCCCC)(CCCCCCC)C(O)CCCCCC.[I-]. The fourth-order valence-corrected chi connectivity index (χ4v) is 4.90. The number of quaternary nitrogens is 1. The molecule has 2 nitrogen and oxygen atoms in total. The van der Waals surface area contributed by atoms with Gasteiger partial charge in [0.2, 0.25) is 0 Å². The molecule has 0 spiro atoms. The topological polar surface area (TPSA) is 20.2 Å². The summed E-state index contributed by atoms with van der Waals surface area (Å²) in [6.45, 7) is 12.8. The average molecular weight is 554 g/mol. The zero-order chi connectivity index (χ0) is 22.3. The highest BCUT2D eigenvalue weighted by Crippen LogP contribution is 2.24. The smallest absolute Gasteiger partial charge is 0.190 e. The normalized spacial score (nSPS) is 12.7. The Balaban J connectivity index is 0. The number of halogens is 1. The van der Waals surface area contributed by atoms with E-state index in [1.54, 1.807) is 0 Å². The molecule has 0 heterocycles. The predicted octanol–water partition coefficient (Wildman–Crippen LogP) is 6.01. The van der Waals surface area contributed by atoms with Crippen LogP contribution in [-0.4, -0.2) is 35.5 Å². The van der Waals surface area contributed by atoms with E-state index in [0.717, 1.165) is 10.9 Å². The average Bonchev–Trinajstić information content (AvgIpc) is 2.75. The van der Waals surface area contributed by atoms with Gasteiger partial charge in [0, 0.05) is 6.42 Å². The molecule has 1 N–H and O–H groups in total. The first-order chi connectivity index (χ1) is 14.7. The van der Waals surface area contributed by atoms with Crippen molar-refractivity contribution in [3.8, 4) is 0 Å². The maximum absolute atomic E-state index is 11.4. The summed E-state index contributed by atoms with van der Waals surface area (Å²) < 4.78 is 1.01. The maximum Gasteiger partial charge on any atom is 0.190 e. The Hall–Kier alpha value is 0.650. The summed E-state index contributed by atoms with van der Waals surface area (Å²) in [5.74, 6) is 0. The summed E-state index contributed by atoms with van der Waals surface area (Å²) >= 11 is 0. The van der Waals surface area contributed by atoms with E-state index < -0.39 is 0 Å². The van der Waals surface area contributed by atoms with Crippen molar-refractivity contribution in [3.63, 3.8) is 0 Å². The van der Waals surface area contributed by atoms with Crippen LogP contribution < -0.4 is 24.0 Å². The Kier molecular flexibility index (Phi) is 27.6. The molecule has 190 valence electrons. The molecule has 0 bridgehead atoms. The summed E-state index contributed by atoms with van der Waals surface area (Å²) in [5, 5.41) is 11.4. The molecule has 0 aromatic rings. The Morgan fingerprint density at radius 3 is 1.06 bits per heavy atom. The van der Waals surface area contributed by atoms with E-state index in [1.165, 1.54) is 142 Å².